The predicted molar refractivity (Wildman–Crippen MR) is 105 cm³/mol. The first-order valence-electron chi connectivity index (χ1n) is 8.89. The number of carbonyl (C=O) groups excluding carboxylic acids is 1. The number of sulfonamides is 1. The van der Waals surface area contributed by atoms with Crippen LogP contribution in [-0.4, -0.2) is 41.9 Å². The number of aromatic nitrogens is 2. The van der Waals surface area contributed by atoms with Crippen LogP contribution in [-0.2, 0) is 16.4 Å². The Morgan fingerprint density at radius 2 is 1.93 bits per heavy atom. The van der Waals surface area contributed by atoms with Crippen molar-refractivity contribution < 1.29 is 13.2 Å². The number of amides is 1. The fraction of sp³-hybridized carbons (Fsp3) is 0.500. The first-order valence-corrected chi connectivity index (χ1v) is 11.1. The van der Waals surface area contributed by atoms with Crippen molar-refractivity contribution in [3.05, 3.63) is 34.8 Å². The second-order valence-corrected chi connectivity index (χ2v) is 10.8. The monoisotopic (exact) mass is 408 g/mol. The zero-order valence-electron chi connectivity index (χ0n) is 15.7. The van der Waals surface area contributed by atoms with Crippen LogP contribution in [0.5, 0.6) is 0 Å². The van der Waals surface area contributed by atoms with Crippen LogP contribution in [0.3, 0.4) is 0 Å². The average Bonchev–Trinajstić information content (AvgIpc) is 3.26. The number of anilines is 1. The molecule has 0 bridgehead atoms. The molecule has 7 nitrogen and oxygen atoms in total. The molecule has 1 saturated heterocycles. The fourth-order valence-electron chi connectivity index (χ4n) is 2.87. The Morgan fingerprint density at radius 3 is 2.59 bits per heavy atom. The third-order valence-electron chi connectivity index (χ3n) is 4.17. The van der Waals surface area contributed by atoms with E-state index in [0.29, 0.717) is 18.2 Å². The van der Waals surface area contributed by atoms with Crippen molar-refractivity contribution in [2.75, 3.05) is 18.4 Å². The zero-order valence-corrected chi connectivity index (χ0v) is 17.4. The van der Waals surface area contributed by atoms with Gasteiger partial charge in [0.1, 0.15) is 5.01 Å². The summed E-state index contributed by atoms with van der Waals surface area (Å²) in [5.41, 5.74) is 0.363. The van der Waals surface area contributed by atoms with Crippen molar-refractivity contribution in [3.63, 3.8) is 0 Å². The summed E-state index contributed by atoms with van der Waals surface area (Å²) in [6, 6.07) is 6.12. The van der Waals surface area contributed by atoms with Gasteiger partial charge >= 0.3 is 0 Å². The van der Waals surface area contributed by atoms with Crippen LogP contribution < -0.4 is 5.32 Å². The van der Waals surface area contributed by atoms with Gasteiger partial charge in [-0.3, -0.25) is 10.1 Å². The van der Waals surface area contributed by atoms with Gasteiger partial charge in [0.05, 0.1) is 4.90 Å². The lowest BCUT2D eigenvalue weighted by Gasteiger charge is -2.15. The lowest BCUT2D eigenvalue weighted by atomic mass is 9.93. The van der Waals surface area contributed by atoms with Crippen molar-refractivity contribution in [2.24, 2.45) is 5.41 Å². The molecule has 0 unspecified atom stereocenters. The second kappa shape index (κ2) is 7.65. The summed E-state index contributed by atoms with van der Waals surface area (Å²) in [6.45, 7) is 7.39. The van der Waals surface area contributed by atoms with Crippen LogP contribution in [0, 0.1) is 5.41 Å². The number of nitrogens with zero attached hydrogens (tertiary/aromatic N) is 3. The molecular weight excluding hydrogens is 384 g/mol. The van der Waals surface area contributed by atoms with Crippen LogP contribution in [0.2, 0.25) is 0 Å². The van der Waals surface area contributed by atoms with Gasteiger partial charge in [-0.2, -0.15) is 4.31 Å². The quantitative estimate of drug-likeness (QED) is 0.820. The summed E-state index contributed by atoms with van der Waals surface area (Å²) in [7, 11) is -3.56. The van der Waals surface area contributed by atoms with Gasteiger partial charge in [-0.1, -0.05) is 38.2 Å². The lowest BCUT2D eigenvalue weighted by Crippen LogP contribution is -2.28. The molecule has 9 heteroatoms. The van der Waals surface area contributed by atoms with Gasteiger partial charge in [0.2, 0.25) is 15.2 Å². The molecule has 1 aromatic carbocycles. The molecule has 1 N–H and O–H groups in total. The Morgan fingerprint density at radius 1 is 1.22 bits per heavy atom. The van der Waals surface area contributed by atoms with Gasteiger partial charge in [-0.15, -0.1) is 10.2 Å². The molecule has 0 spiro atoms. The van der Waals surface area contributed by atoms with E-state index in [1.54, 1.807) is 12.1 Å². The fourth-order valence-corrected chi connectivity index (χ4v) is 5.47. The van der Waals surface area contributed by atoms with E-state index >= 15 is 0 Å². The SMILES string of the molecule is CC(C)(C)Cc1nnc(NC(=O)c2cccc(S(=O)(=O)N3CCCC3)c2)s1. The summed E-state index contributed by atoms with van der Waals surface area (Å²) in [5, 5.41) is 12.1. The molecule has 0 aliphatic carbocycles. The summed E-state index contributed by atoms with van der Waals surface area (Å²) < 4.78 is 26.8. The Labute approximate surface area is 163 Å². The molecule has 0 radical (unpaired) electrons. The van der Waals surface area contributed by atoms with Crippen LogP contribution >= 0.6 is 11.3 Å². The van der Waals surface area contributed by atoms with E-state index in [9.17, 15) is 13.2 Å². The van der Waals surface area contributed by atoms with Gasteiger partial charge in [0.15, 0.2) is 0 Å². The van der Waals surface area contributed by atoms with Crippen LogP contribution in [0.4, 0.5) is 5.13 Å². The zero-order chi connectivity index (χ0) is 19.7. The Hall–Kier alpha value is -1.84. The number of nitrogens with one attached hydrogen (secondary N) is 1. The standard InChI is InChI=1S/C18H24N4O3S2/c1-18(2,3)12-15-20-21-17(26-15)19-16(23)13-7-6-8-14(11-13)27(24,25)22-9-4-5-10-22/h6-8,11H,4-5,9-10,12H2,1-3H3,(H,19,21,23). The normalized spacial score (nSPS) is 15.8. The van der Waals surface area contributed by atoms with Gasteiger partial charge in [-0.05, 0) is 36.5 Å². The molecule has 3 rings (SSSR count). The summed E-state index contributed by atoms with van der Waals surface area (Å²) >= 11 is 1.33. The average molecular weight is 409 g/mol. The highest BCUT2D eigenvalue weighted by Crippen LogP contribution is 2.26. The predicted octanol–water partition coefficient (Wildman–Crippen LogP) is 3.16. The van der Waals surface area contributed by atoms with E-state index in [2.05, 4.69) is 36.3 Å². The molecule has 2 aromatic rings. The highest BCUT2D eigenvalue weighted by atomic mass is 32.2. The Balaban J connectivity index is 1.74. The molecule has 1 amide bonds. The highest BCUT2D eigenvalue weighted by molar-refractivity contribution is 7.89. The Bertz CT molecular complexity index is 926. The summed E-state index contributed by atoms with van der Waals surface area (Å²) in [5.74, 6) is -0.396. The third kappa shape index (κ3) is 4.91. The van der Waals surface area contributed by atoms with Gasteiger partial charge in [-0.25, -0.2) is 8.42 Å². The number of benzene rings is 1. The van der Waals surface area contributed by atoms with E-state index in [0.717, 1.165) is 24.3 Å². The van der Waals surface area contributed by atoms with Gasteiger partial charge in [0, 0.05) is 25.1 Å². The molecule has 1 aromatic heterocycles. The van der Waals surface area contributed by atoms with Gasteiger partial charge < -0.3 is 0 Å². The van der Waals surface area contributed by atoms with Crippen molar-refractivity contribution in [3.8, 4) is 0 Å². The third-order valence-corrected chi connectivity index (χ3v) is 6.90. The molecule has 0 atom stereocenters. The van der Waals surface area contributed by atoms with Crippen LogP contribution in [0.25, 0.3) is 0 Å². The van der Waals surface area contributed by atoms with Crippen molar-refractivity contribution in [1.82, 2.24) is 14.5 Å². The molecule has 2 heterocycles. The van der Waals surface area contributed by atoms with Crippen molar-refractivity contribution in [2.45, 2.75) is 44.9 Å². The number of hydrogen-bond donors (Lipinski definition) is 1. The topological polar surface area (TPSA) is 92.3 Å². The van der Waals surface area contributed by atoms with E-state index in [1.165, 1.54) is 27.8 Å². The van der Waals surface area contributed by atoms with E-state index < -0.39 is 15.9 Å². The Kier molecular flexibility index (Phi) is 5.64. The van der Waals surface area contributed by atoms with E-state index in [-0.39, 0.29) is 15.9 Å². The number of rotatable bonds is 5. The maximum Gasteiger partial charge on any atom is 0.257 e. The minimum Gasteiger partial charge on any atom is -0.296 e. The maximum atomic E-state index is 12.7. The van der Waals surface area contributed by atoms with E-state index in [1.807, 2.05) is 0 Å². The van der Waals surface area contributed by atoms with Gasteiger partial charge in [0.25, 0.3) is 5.91 Å². The van der Waals surface area contributed by atoms with Crippen LogP contribution in [0.15, 0.2) is 29.2 Å². The molecule has 27 heavy (non-hydrogen) atoms. The smallest absolute Gasteiger partial charge is 0.257 e. The molecule has 1 aliphatic rings. The largest absolute Gasteiger partial charge is 0.296 e. The first kappa shape index (κ1) is 19.9. The molecular formula is C18H24N4O3S2. The van der Waals surface area contributed by atoms with E-state index in [4.69, 9.17) is 0 Å². The lowest BCUT2D eigenvalue weighted by molar-refractivity contribution is 0.102. The number of carbonyl (C=O) groups is 1. The summed E-state index contributed by atoms with van der Waals surface area (Å²) in [4.78, 5) is 12.7. The summed E-state index contributed by atoms with van der Waals surface area (Å²) in [6.07, 6.45) is 2.50. The van der Waals surface area contributed by atoms with Crippen molar-refractivity contribution >= 4 is 32.4 Å². The molecule has 1 fully saturated rings. The molecule has 0 saturated carbocycles. The molecule has 146 valence electrons. The minimum absolute atomic E-state index is 0.0824. The first-order chi connectivity index (χ1) is 12.6. The minimum atomic E-state index is -3.56. The highest BCUT2D eigenvalue weighted by Gasteiger charge is 2.27. The second-order valence-electron chi connectivity index (χ2n) is 7.83. The maximum absolute atomic E-state index is 12.7. The van der Waals surface area contributed by atoms with Crippen molar-refractivity contribution in [1.29, 1.82) is 0 Å². The number of hydrogen-bond acceptors (Lipinski definition) is 6. The van der Waals surface area contributed by atoms with Crippen LogP contribution in [0.1, 0.15) is 49.0 Å². The molecule has 1 aliphatic heterocycles.